The predicted octanol–water partition coefficient (Wildman–Crippen LogP) is 2.37. The van der Waals surface area contributed by atoms with Crippen LogP contribution in [0.15, 0.2) is 24.3 Å². The molecule has 1 aromatic rings. The lowest BCUT2D eigenvalue weighted by Crippen LogP contribution is -2.11. The van der Waals surface area contributed by atoms with Gasteiger partial charge in [0.05, 0.1) is 17.0 Å². The molecule has 2 nitrogen and oxygen atoms in total. The van der Waals surface area contributed by atoms with Crippen molar-refractivity contribution in [3.8, 4) is 6.07 Å². The fourth-order valence-corrected chi connectivity index (χ4v) is 1.13. The van der Waals surface area contributed by atoms with Crippen molar-refractivity contribution in [1.82, 2.24) is 0 Å². The number of hydrogen-bond donors (Lipinski definition) is 0. The summed E-state index contributed by atoms with van der Waals surface area (Å²) in [6.45, 7) is 1.60. The minimum Gasteiger partial charge on any atom is -0.292 e. The number of rotatable bonds is 2. The van der Waals surface area contributed by atoms with Gasteiger partial charge in [0.25, 0.3) is 0 Å². The number of nitrogens with zero attached hydrogens (tertiary/aromatic N) is 1. The predicted molar refractivity (Wildman–Crippen MR) is 50.8 cm³/mol. The maximum absolute atomic E-state index is 11.4. The SMILES string of the molecule is CC(Cl)C(=O)c1ccccc1C#N. The zero-order chi connectivity index (χ0) is 9.84. The molecular formula is C10H8ClNO. The molecule has 66 valence electrons. The largest absolute Gasteiger partial charge is 0.292 e. The maximum atomic E-state index is 11.4. The third-order valence-corrected chi connectivity index (χ3v) is 1.87. The fraction of sp³-hybridized carbons (Fsp3) is 0.200. The van der Waals surface area contributed by atoms with Crippen LogP contribution < -0.4 is 0 Å². The lowest BCUT2D eigenvalue weighted by molar-refractivity contribution is 0.0991. The van der Waals surface area contributed by atoms with Gasteiger partial charge in [-0.25, -0.2) is 0 Å². The monoisotopic (exact) mass is 193 g/mol. The van der Waals surface area contributed by atoms with Crippen LogP contribution in [-0.2, 0) is 0 Å². The molecule has 0 heterocycles. The van der Waals surface area contributed by atoms with Crippen molar-refractivity contribution in [3.63, 3.8) is 0 Å². The van der Waals surface area contributed by atoms with Crippen LogP contribution in [0, 0.1) is 11.3 Å². The Balaban J connectivity index is 3.15. The fourth-order valence-electron chi connectivity index (χ4n) is 1.01. The Kier molecular flexibility index (Phi) is 3.05. The Morgan fingerprint density at radius 3 is 2.69 bits per heavy atom. The lowest BCUT2D eigenvalue weighted by Gasteiger charge is -2.03. The van der Waals surface area contributed by atoms with Gasteiger partial charge in [-0.1, -0.05) is 18.2 Å². The first-order chi connectivity index (χ1) is 6.16. The third-order valence-electron chi connectivity index (χ3n) is 1.67. The molecule has 0 fully saturated rings. The zero-order valence-electron chi connectivity index (χ0n) is 7.12. The van der Waals surface area contributed by atoms with Gasteiger partial charge in [-0.05, 0) is 13.0 Å². The molecule has 1 unspecified atom stereocenters. The van der Waals surface area contributed by atoms with Crippen LogP contribution in [0.1, 0.15) is 22.8 Å². The van der Waals surface area contributed by atoms with Gasteiger partial charge in [-0.15, -0.1) is 11.6 Å². The van der Waals surface area contributed by atoms with Crippen LogP contribution in [0.2, 0.25) is 0 Å². The van der Waals surface area contributed by atoms with E-state index in [0.717, 1.165) is 0 Å². The number of ketones is 1. The Bertz CT molecular complexity index is 365. The number of halogens is 1. The van der Waals surface area contributed by atoms with E-state index < -0.39 is 5.38 Å². The van der Waals surface area contributed by atoms with Crippen LogP contribution in [0.25, 0.3) is 0 Å². The van der Waals surface area contributed by atoms with Crippen molar-refractivity contribution in [1.29, 1.82) is 5.26 Å². The van der Waals surface area contributed by atoms with Crippen LogP contribution in [0.5, 0.6) is 0 Å². The molecule has 13 heavy (non-hydrogen) atoms. The van der Waals surface area contributed by atoms with Gasteiger partial charge in [-0.3, -0.25) is 4.79 Å². The van der Waals surface area contributed by atoms with Crippen molar-refractivity contribution in [2.24, 2.45) is 0 Å². The molecule has 1 atom stereocenters. The smallest absolute Gasteiger partial charge is 0.181 e. The molecule has 0 radical (unpaired) electrons. The molecule has 0 spiro atoms. The average molecular weight is 194 g/mol. The summed E-state index contributed by atoms with van der Waals surface area (Å²) >= 11 is 5.63. The standard InChI is InChI=1S/C10H8ClNO/c1-7(11)10(13)9-5-3-2-4-8(9)6-12/h2-5,7H,1H3. The summed E-state index contributed by atoms with van der Waals surface area (Å²) in [5, 5.41) is 8.12. The normalized spacial score (nSPS) is 11.8. The van der Waals surface area contributed by atoms with Crippen LogP contribution in [0.4, 0.5) is 0 Å². The first-order valence-electron chi connectivity index (χ1n) is 3.84. The van der Waals surface area contributed by atoms with E-state index >= 15 is 0 Å². The summed E-state index contributed by atoms with van der Waals surface area (Å²) in [7, 11) is 0. The molecule has 0 saturated heterocycles. The summed E-state index contributed by atoms with van der Waals surface area (Å²) in [5.41, 5.74) is 0.771. The van der Waals surface area contributed by atoms with Crippen molar-refractivity contribution < 1.29 is 4.79 Å². The Hall–Kier alpha value is -1.33. The van der Waals surface area contributed by atoms with E-state index in [1.807, 2.05) is 6.07 Å². The van der Waals surface area contributed by atoms with Gasteiger partial charge in [0.1, 0.15) is 0 Å². The van der Waals surface area contributed by atoms with Crippen molar-refractivity contribution in [3.05, 3.63) is 35.4 Å². The summed E-state index contributed by atoms with van der Waals surface area (Å²) in [6, 6.07) is 8.60. The Labute approximate surface area is 81.7 Å². The molecule has 0 amide bonds. The second kappa shape index (κ2) is 4.06. The molecule has 0 aliphatic carbocycles. The second-order valence-electron chi connectivity index (χ2n) is 2.64. The van der Waals surface area contributed by atoms with E-state index in [-0.39, 0.29) is 5.78 Å². The highest BCUT2D eigenvalue weighted by molar-refractivity contribution is 6.33. The van der Waals surface area contributed by atoms with Crippen molar-refractivity contribution in [2.45, 2.75) is 12.3 Å². The van der Waals surface area contributed by atoms with Crippen LogP contribution in [0.3, 0.4) is 0 Å². The summed E-state index contributed by atoms with van der Waals surface area (Å²) in [4.78, 5) is 11.4. The first kappa shape index (κ1) is 9.76. The lowest BCUT2D eigenvalue weighted by atomic mass is 10.0. The summed E-state index contributed by atoms with van der Waals surface area (Å²) in [6.07, 6.45) is 0. The number of hydrogen-bond acceptors (Lipinski definition) is 2. The molecule has 3 heteroatoms. The topological polar surface area (TPSA) is 40.9 Å². The molecule has 0 bridgehead atoms. The molecule has 0 aliphatic heterocycles. The molecule has 0 N–H and O–H groups in total. The molecule has 0 aromatic heterocycles. The quantitative estimate of drug-likeness (QED) is 0.535. The van der Waals surface area contributed by atoms with Gasteiger partial charge in [0, 0.05) is 5.56 Å². The van der Waals surface area contributed by atoms with E-state index in [9.17, 15) is 4.79 Å². The average Bonchev–Trinajstić information content (AvgIpc) is 2.16. The number of nitriles is 1. The molecule has 1 rings (SSSR count). The maximum Gasteiger partial charge on any atom is 0.181 e. The van der Waals surface area contributed by atoms with Gasteiger partial charge in [-0.2, -0.15) is 5.26 Å². The third kappa shape index (κ3) is 2.07. The second-order valence-corrected chi connectivity index (χ2v) is 3.29. The molecule has 0 aliphatic rings. The van der Waals surface area contributed by atoms with Gasteiger partial charge in [0.2, 0.25) is 0 Å². The summed E-state index contributed by atoms with van der Waals surface area (Å²) < 4.78 is 0. The number of carbonyl (C=O) groups is 1. The minimum atomic E-state index is -0.588. The highest BCUT2D eigenvalue weighted by Gasteiger charge is 2.15. The van der Waals surface area contributed by atoms with E-state index in [1.165, 1.54) is 0 Å². The van der Waals surface area contributed by atoms with Crippen molar-refractivity contribution >= 4 is 17.4 Å². The summed E-state index contributed by atoms with van der Waals surface area (Å²) in [5.74, 6) is -0.209. The number of carbonyl (C=O) groups excluding carboxylic acids is 1. The molecular weight excluding hydrogens is 186 g/mol. The first-order valence-corrected chi connectivity index (χ1v) is 4.28. The van der Waals surface area contributed by atoms with Crippen LogP contribution >= 0.6 is 11.6 Å². The zero-order valence-corrected chi connectivity index (χ0v) is 7.88. The van der Waals surface area contributed by atoms with Gasteiger partial charge in [0.15, 0.2) is 5.78 Å². The van der Waals surface area contributed by atoms with Gasteiger partial charge >= 0.3 is 0 Å². The highest BCUT2D eigenvalue weighted by atomic mass is 35.5. The van der Waals surface area contributed by atoms with E-state index in [4.69, 9.17) is 16.9 Å². The Morgan fingerprint density at radius 1 is 1.54 bits per heavy atom. The minimum absolute atomic E-state index is 0.209. The number of benzene rings is 1. The number of alkyl halides is 1. The van der Waals surface area contributed by atoms with Gasteiger partial charge < -0.3 is 0 Å². The van der Waals surface area contributed by atoms with Crippen molar-refractivity contribution in [2.75, 3.05) is 0 Å². The highest BCUT2D eigenvalue weighted by Crippen LogP contribution is 2.12. The van der Waals surface area contributed by atoms with E-state index in [1.54, 1.807) is 31.2 Å². The molecule has 1 aromatic carbocycles. The number of Topliss-reactive ketones (excluding diaryl/α,β-unsaturated/α-hetero) is 1. The molecule has 0 saturated carbocycles. The van der Waals surface area contributed by atoms with Crippen LogP contribution in [-0.4, -0.2) is 11.2 Å². The van der Waals surface area contributed by atoms with E-state index in [2.05, 4.69) is 0 Å². The van der Waals surface area contributed by atoms with E-state index in [0.29, 0.717) is 11.1 Å². The Morgan fingerprint density at radius 2 is 2.15 bits per heavy atom.